The smallest absolute Gasteiger partial charge is 0.136 e. The molecule has 0 saturated carbocycles. The molecule has 1 aliphatic rings. The molecule has 2 unspecified atom stereocenters. The van der Waals surface area contributed by atoms with Gasteiger partial charge in [-0.3, -0.25) is 0 Å². The lowest BCUT2D eigenvalue weighted by atomic mass is 10.1. The molecule has 0 radical (unpaired) electrons. The topological polar surface area (TPSA) is 52.6 Å². The van der Waals surface area contributed by atoms with E-state index >= 15 is 0 Å². The van der Waals surface area contributed by atoms with Crippen molar-refractivity contribution in [1.82, 2.24) is 4.98 Å². The van der Waals surface area contributed by atoms with Gasteiger partial charge < -0.3 is 10.1 Å². The molecule has 0 bridgehead atoms. The maximum atomic E-state index is 5.36. The standard InChI is InChI=1S/C12H18N2O3.C2H6/c1-9-3-4-12(13-7-9)14-10-5-6-16-8-11(10)17-15-2;1-2/h3-4,7,10-11H,5-6,8H2,1-2H3,(H,13,14);1-2H3. The van der Waals surface area contributed by atoms with Crippen LogP contribution in [0.15, 0.2) is 18.3 Å². The highest BCUT2D eigenvalue weighted by molar-refractivity contribution is 5.36. The number of ether oxygens (including phenoxy) is 1. The van der Waals surface area contributed by atoms with Crippen molar-refractivity contribution in [3.05, 3.63) is 23.9 Å². The van der Waals surface area contributed by atoms with Gasteiger partial charge in [0.05, 0.1) is 19.8 Å². The van der Waals surface area contributed by atoms with Crippen molar-refractivity contribution >= 4 is 5.82 Å². The van der Waals surface area contributed by atoms with Gasteiger partial charge in [-0.15, -0.1) is 0 Å². The molecule has 1 N–H and O–H groups in total. The Balaban J connectivity index is 0.000000861. The van der Waals surface area contributed by atoms with Gasteiger partial charge in [-0.25, -0.2) is 14.8 Å². The number of rotatable bonds is 4. The molecule has 0 amide bonds. The van der Waals surface area contributed by atoms with Crippen LogP contribution in [0.2, 0.25) is 0 Å². The highest BCUT2D eigenvalue weighted by atomic mass is 17.2. The molecule has 0 spiro atoms. The minimum atomic E-state index is -0.100. The molecule has 0 aromatic carbocycles. The quantitative estimate of drug-likeness (QED) is 0.672. The molecular weight excluding hydrogens is 244 g/mol. The van der Waals surface area contributed by atoms with E-state index in [0.29, 0.717) is 6.61 Å². The Labute approximate surface area is 115 Å². The highest BCUT2D eigenvalue weighted by Gasteiger charge is 2.27. The second-order valence-corrected chi connectivity index (χ2v) is 4.14. The van der Waals surface area contributed by atoms with Gasteiger partial charge in [-0.1, -0.05) is 19.9 Å². The van der Waals surface area contributed by atoms with E-state index in [4.69, 9.17) is 14.5 Å². The van der Waals surface area contributed by atoms with Crippen LogP contribution in [0.4, 0.5) is 5.82 Å². The summed E-state index contributed by atoms with van der Waals surface area (Å²) in [7, 11) is 1.51. The predicted molar refractivity (Wildman–Crippen MR) is 75.1 cm³/mol. The maximum absolute atomic E-state index is 5.36. The van der Waals surface area contributed by atoms with Crippen molar-refractivity contribution in [2.75, 3.05) is 25.6 Å². The van der Waals surface area contributed by atoms with Crippen molar-refractivity contribution in [1.29, 1.82) is 0 Å². The molecule has 5 heteroatoms. The molecule has 5 nitrogen and oxygen atoms in total. The number of aromatic nitrogens is 1. The fourth-order valence-corrected chi connectivity index (χ4v) is 1.84. The van der Waals surface area contributed by atoms with E-state index < -0.39 is 0 Å². The Hall–Kier alpha value is -1.17. The van der Waals surface area contributed by atoms with Crippen LogP contribution < -0.4 is 5.32 Å². The first-order valence-corrected chi connectivity index (χ1v) is 6.76. The van der Waals surface area contributed by atoms with Gasteiger partial charge in [0.1, 0.15) is 11.9 Å². The zero-order valence-electron chi connectivity index (χ0n) is 12.2. The third-order valence-corrected chi connectivity index (χ3v) is 2.77. The normalized spacial score (nSPS) is 22.3. The van der Waals surface area contributed by atoms with Crippen molar-refractivity contribution in [3.8, 4) is 0 Å². The van der Waals surface area contributed by atoms with Crippen molar-refractivity contribution in [3.63, 3.8) is 0 Å². The molecule has 2 heterocycles. The zero-order chi connectivity index (χ0) is 14.1. The molecule has 19 heavy (non-hydrogen) atoms. The first-order valence-electron chi connectivity index (χ1n) is 6.76. The third kappa shape index (κ3) is 5.14. The van der Waals surface area contributed by atoms with E-state index in [0.717, 1.165) is 24.4 Å². The predicted octanol–water partition coefficient (Wildman–Crippen LogP) is 2.56. The lowest BCUT2D eigenvalue weighted by Crippen LogP contribution is -2.43. The summed E-state index contributed by atoms with van der Waals surface area (Å²) in [5, 5.41) is 3.35. The van der Waals surface area contributed by atoms with Gasteiger partial charge in [0.2, 0.25) is 0 Å². The lowest BCUT2D eigenvalue weighted by molar-refractivity contribution is -0.319. The van der Waals surface area contributed by atoms with Crippen molar-refractivity contribution in [2.45, 2.75) is 39.3 Å². The first kappa shape index (κ1) is 15.9. The van der Waals surface area contributed by atoms with Gasteiger partial charge >= 0.3 is 0 Å². The van der Waals surface area contributed by atoms with Crippen LogP contribution in [0, 0.1) is 6.92 Å². The van der Waals surface area contributed by atoms with Crippen molar-refractivity contribution < 1.29 is 14.5 Å². The van der Waals surface area contributed by atoms with E-state index in [1.807, 2.05) is 39.1 Å². The maximum Gasteiger partial charge on any atom is 0.136 e. The van der Waals surface area contributed by atoms with E-state index in [9.17, 15) is 0 Å². The van der Waals surface area contributed by atoms with E-state index in [-0.39, 0.29) is 12.1 Å². The van der Waals surface area contributed by atoms with E-state index in [1.165, 1.54) is 7.11 Å². The minimum Gasteiger partial charge on any atom is -0.378 e. The second-order valence-electron chi connectivity index (χ2n) is 4.14. The molecule has 1 aromatic rings. The monoisotopic (exact) mass is 268 g/mol. The number of nitrogens with one attached hydrogen (secondary N) is 1. The van der Waals surface area contributed by atoms with Gasteiger partial charge in [-0.05, 0) is 25.0 Å². The molecule has 108 valence electrons. The molecule has 2 atom stereocenters. The number of pyridine rings is 1. The Bertz CT molecular complexity index is 341. The summed E-state index contributed by atoms with van der Waals surface area (Å²) in [5.74, 6) is 0.854. The second kappa shape index (κ2) is 8.85. The van der Waals surface area contributed by atoms with Crippen LogP contribution in [0.25, 0.3) is 0 Å². The fourth-order valence-electron chi connectivity index (χ4n) is 1.84. The summed E-state index contributed by atoms with van der Waals surface area (Å²) in [5.41, 5.74) is 1.15. The van der Waals surface area contributed by atoms with E-state index in [1.54, 1.807) is 0 Å². The van der Waals surface area contributed by atoms with Crippen LogP contribution in [-0.2, 0) is 14.5 Å². The summed E-state index contributed by atoms with van der Waals surface area (Å²) in [6, 6.07) is 4.16. The van der Waals surface area contributed by atoms with Crippen LogP contribution in [-0.4, -0.2) is 37.5 Å². The Morgan fingerprint density at radius 3 is 2.79 bits per heavy atom. The van der Waals surface area contributed by atoms with Crippen LogP contribution in [0.5, 0.6) is 0 Å². The van der Waals surface area contributed by atoms with Gasteiger partial charge in [0, 0.05) is 12.8 Å². The third-order valence-electron chi connectivity index (χ3n) is 2.77. The molecule has 1 saturated heterocycles. The average molecular weight is 268 g/mol. The lowest BCUT2D eigenvalue weighted by Gasteiger charge is -2.30. The Kier molecular flexibility index (Phi) is 7.40. The largest absolute Gasteiger partial charge is 0.378 e. The fraction of sp³-hybridized carbons (Fsp3) is 0.643. The summed E-state index contributed by atoms with van der Waals surface area (Å²) < 4.78 is 5.36. The minimum absolute atomic E-state index is 0.100. The van der Waals surface area contributed by atoms with Gasteiger partial charge in [0.15, 0.2) is 0 Å². The molecule has 1 aliphatic heterocycles. The number of aryl methyl sites for hydroxylation is 1. The number of hydrogen-bond donors (Lipinski definition) is 1. The summed E-state index contributed by atoms with van der Waals surface area (Å²) in [6.45, 7) is 7.28. The summed E-state index contributed by atoms with van der Waals surface area (Å²) in [4.78, 5) is 14.2. The van der Waals surface area contributed by atoms with E-state index in [2.05, 4.69) is 10.3 Å². The van der Waals surface area contributed by atoms with Crippen molar-refractivity contribution in [2.24, 2.45) is 0 Å². The SMILES string of the molecule is CC.COOC1COCCC1Nc1ccc(C)cn1. The highest BCUT2D eigenvalue weighted by Crippen LogP contribution is 2.16. The number of hydrogen-bond acceptors (Lipinski definition) is 5. The Morgan fingerprint density at radius 2 is 2.16 bits per heavy atom. The van der Waals surface area contributed by atoms with Crippen LogP contribution in [0.1, 0.15) is 25.8 Å². The molecule has 2 rings (SSSR count). The summed E-state index contributed by atoms with van der Waals surface area (Å²) in [6.07, 6.45) is 2.62. The Morgan fingerprint density at radius 1 is 1.37 bits per heavy atom. The molecule has 1 aromatic heterocycles. The average Bonchev–Trinajstić information content (AvgIpc) is 2.46. The molecular formula is C14H24N2O3. The summed E-state index contributed by atoms with van der Waals surface area (Å²) >= 11 is 0. The number of anilines is 1. The van der Waals surface area contributed by atoms with Gasteiger partial charge in [0.25, 0.3) is 0 Å². The first-order chi connectivity index (χ1) is 9.29. The molecule has 0 aliphatic carbocycles. The number of nitrogens with zero attached hydrogens (tertiary/aromatic N) is 1. The zero-order valence-corrected chi connectivity index (χ0v) is 12.2. The molecule has 1 fully saturated rings. The van der Waals surface area contributed by atoms with Gasteiger partial charge in [-0.2, -0.15) is 0 Å². The van der Waals surface area contributed by atoms with Crippen LogP contribution >= 0.6 is 0 Å². The van der Waals surface area contributed by atoms with Crippen LogP contribution in [0.3, 0.4) is 0 Å².